The van der Waals surface area contributed by atoms with E-state index in [0.29, 0.717) is 24.6 Å². The second kappa shape index (κ2) is 8.67. The van der Waals surface area contributed by atoms with Gasteiger partial charge in [-0.25, -0.2) is 9.67 Å². The zero-order valence-corrected chi connectivity index (χ0v) is 18.2. The molecule has 33 heavy (non-hydrogen) atoms. The lowest BCUT2D eigenvalue weighted by Gasteiger charge is -2.33. The Kier molecular flexibility index (Phi) is 5.56. The van der Waals surface area contributed by atoms with Crippen molar-refractivity contribution in [2.75, 3.05) is 0 Å². The quantitative estimate of drug-likeness (QED) is 0.404. The maximum absolute atomic E-state index is 13.1. The average Bonchev–Trinajstić information content (AvgIpc) is 3.36. The summed E-state index contributed by atoms with van der Waals surface area (Å²) in [6.45, 7) is 0. The van der Waals surface area contributed by atoms with Crippen LogP contribution in [0.15, 0.2) is 67.1 Å². The van der Waals surface area contributed by atoms with Crippen molar-refractivity contribution < 1.29 is 15.0 Å². The number of phenolic OH excluding ortho intramolecular Hbond substituents is 1. The summed E-state index contributed by atoms with van der Waals surface area (Å²) in [5, 5.41) is 30.1. The van der Waals surface area contributed by atoms with Gasteiger partial charge in [-0.05, 0) is 66.8 Å². The van der Waals surface area contributed by atoms with Crippen molar-refractivity contribution >= 4 is 16.7 Å². The molecule has 7 heteroatoms. The number of amides is 1. The Hall–Kier alpha value is -3.71. The molecule has 0 bridgehead atoms. The van der Waals surface area contributed by atoms with Crippen LogP contribution in [0.1, 0.15) is 53.6 Å². The number of carbonyl (C=O) groups is 1. The fourth-order valence-corrected chi connectivity index (χ4v) is 4.58. The number of phenols is 1. The van der Waals surface area contributed by atoms with Gasteiger partial charge >= 0.3 is 0 Å². The van der Waals surface area contributed by atoms with Gasteiger partial charge in [-0.2, -0.15) is 5.10 Å². The lowest BCUT2D eigenvalue weighted by molar-refractivity contribution is -0.0220. The highest BCUT2D eigenvalue weighted by molar-refractivity contribution is 6.05. The van der Waals surface area contributed by atoms with Crippen LogP contribution >= 0.6 is 0 Å². The summed E-state index contributed by atoms with van der Waals surface area (Å²) in [6, 6.07) is 14.9. The first-order valence-electron chi connectivity index (χ1n) is 11.3. The van der Waals surface area contributed by atoms with Crippen LogP contribution < -0.4 is 5.32 Å². The summed E-state index contributed by atoms with van der Waals surface area (Å²) in [5.74, 6) is 0.189. The molecular formula is C26H26N4O3. The van der Waals surface area contributed by atoms with Crippen LogP contribution in [0.4, 0.5) is 0 Å². The molecule has 7 nitrogen and oxygen atoms in total. The van der Waals surface area contributed by atoms with E-state index in [9.17, 15) is 15.0 Å². The Morgan fingerprint density at radius 2 is 1.85 bits per heavy atom. The van der Waals surface area contributed by atoms with Gasteiger partial charge in [0, 0.05) is 24.0 Å². The third-order valence-corrected chi connectivity index (χ3v) is 6.32. The van der Waals surface area contributed by atoms with Crippen LogP contribution in [0.25, 0.3) is 16.6 Å². The highest BCUT2D eigenvalue weighted by Gasteiger charge is 2.32. The molecule has 2 aromatic carbocycles. The summed E-state index contributed by atoms with van der Waals surface area (Å²) in [7, 11) is 0. The third-order valence-electron chi connectivity index (χ3n) is 6.32. The number of hydrogen-bond acceptors (Lipinski definition) is 5. The number of rotatable bonds is 5. The third kappa shape index (κ3) is 4.32. The predicted molar refractivity (Wildman–Crippen MR) is 125 cm³/mol. The SMILES string of the molecule is O=C(NC1(O)CCCCC1)c1cc(Cc2ccc(-n3cccn3)nc2)c2ccccc2c1O. The van der Waals surface area contributed by atoms with Crippen molar-refractivity contribution in [3.63, 3.8) is 0 Å². The number of nitrogens with zero attached hydrogens (tertiary/aromatic N) is 3. The lowest BCUT2D eigenvalue weighted by Crippen LogP contribution is -2.49. The number of hydrogen-bond donors (Lipinski definition) is 3. The van der Waals surface area contributed by atoms with Crippen molar-refractivity contribution in [2.45, 2.75) is 44.2 Å². The van der Waals surface area contributed by atoms with Crippen LogP contribution in [0.3, 0.4) is 0 Å². The number of benzene rings is 2. The first kappa shape index (κ1) is 21.2. The number of nitrogens with one attached hydrogen (secondary N) is 1. The minimum atomic E-state index is -1.22. The maximum Gasteiger partial charge on any atom is 0.257 e. The minimum Gasteiger partial charge on any atom is -0.506 e. The molecule has 1 aliphatic carbocycles. The molecule has 4 aromatic rings. The summed E-state index contributed by atoms with van der Waals surface area (Å²) in [6.07, 6.45) is 9.70. The Morgan fingerprint density at radius 1 is 1.06 bits per heavy atom. The predicted octanol–water partition coefficient (Wildman–Crippen LogP) is 4.10. The normalized spacial score (nSPS) is 15.4. The molecule has 0 atom stereocenters. The molecule has 2 aromatic heterocycles. The standard InChI is InChI=1S/C26H26N4O3/c31-24-21-8-3-2-7-20(21)19(15-18-9-10-23(27-17-18)30-14-6-13-28-30)16-22(24)25(32)29-26(33)11-4-1-5-12-26/h2-3,6-10,13-14,16-17,31,33H,1,4-5,11-12,15H2,(H,29,32). The van der Waals surface area contributed by atoms with Gasteiger partial charge < -0.3 is 15.5 Å². The summed E-state index contributed by atoms with van der Waals surface area (Å²) in [5.41, 5.74) is 0.820. The van der Waals surface area contributed by atoms with Gasteiger partial charge in [0.1, 0.15) is 11.5 Å². The van der Waals surface area contributed by atoms with Gasteiger partial charge in [-0.3, -0.25) is 4.79 Å². The first-order valence-corrected chi connectivity index (χ1v) is 11.3. The van der Waals surface area contributed by atoms with Crippen molar-refractivity contribution in [1.29, 1.82) is 0 Å². The molecule has 1 fully saturated rings. The average molecular weight is 443 g/mol. The Balaban J connectivity index is 1.48. The fourth-order valence-electron chi connectivity index (χ4n) is 4.58. The minimum absolute atomic E-state index is 0.0709. The van der Waals surface area contributed by atoms with Gasteiger partial charge in [-0.1, -0.05) is 36.8 Å². The van der Waals surface area contributed by atoms with E-state index in [1.54, 1.807) is 29.2 Å². The zero-order chi connectivity index (χ0) is 22.8. The number of aromatic hydroxyl groups is 1. The van der Waals surface area contributed by atoms with Crippen molar-refractivity contribution in [3.8, 4) is 11.6 Å². The summed E-state index contributed by atoms with van der Waals surface area (Å²) >= 11 is 0. The van der Waals surface area contributed by atoms with Gasteiger partial charge in [-0.15, -0.1) is 0 Å². The number of aromatic nitrogens is 3. The topological polar surface area (TPSA) is 100 Å². The largest absolute Gasteiger partial charge is 0.506 e. The molecule has 5 rings (SSSR count). The van der Waals surface area contributed by atoms with Crippen molar-refractivity contribution in [3.05, 3.63) is 83.8 Å². The summed E-state index contributed by atoms with van der Waals surface area (Å²) < 4.78 is 1.69. The molecule has 1 amide bonds. The number of aliphatic hydroxyl groups is 1. The fraction of sp³-hybridized carbons (Fsp3) is 0.269. The molecule has 1 aliphatic rings. The monoisotopic (exact) mass is 442 g/mol. The highest BCUT2D eigenvalue weighted by Crippen LogP contribution is 2.34. The van der Waals surface area contributed by atoms with E-state index < -0.39 is 11.6 Å². The van der Waals surface area contributed by atoms with E-state index in [0.717, 1.165) is 41.6 Å². The van der Waals surface area contributed by atoms with Crippen LogP contribution in [-0.4, -0.2) is 36.6 Å². The van der Waals surface area contributed by atoms with E-state index in [-0.39, 0.29) is 11.3 Å². The van der Waals surface area contributed by atoms with Gasteiger partial charge in [0.05, 0.1) is 5.56 Å². The number of pyridine rings is 1. The second-order valence-electron chi connectivity index (χ2n) is 8.68. The van der Waals surface area contributed by atoms with E-state index in [4.69, 9.17) is 0 Å². The molecule has 0 saturated heterocycles. The highest BCUT2D eigenvalue weighted by atomic mass is 16.3. The van der Waals surface area contributed by atoms with Crippen LogP contribution in [0, 0.1) is 0 Å². The molecular weight excluding hydrogens is 416 g/mol. The number of fused-ring (bicyclic) bond motifs is 1. The Labute approximate surface area is 191 Å². The van der Waals surface area contributed by atoms with E-state index in [2.05, 4.69) is 15.4 Å². The zero-order valence-electron chi connectivity index (χ0n) is 18.2. The molecule has 3 N–H and O–H groups in total. The molecule has 0 aliphatic heterocycles. The molecule has 2 heterocycles. The van der Waals surface area contributed by atoms with Gasteiger partial charge in [0.15, 0.2) is 5.82 Å². The smallest absolute Gasteiger partial charge is 0.257 e. The van der Waals surface area contributed by atoms with Gasteiger partial charge in [0.25, 0.3) is 5.91 Å². The molecule has 1 saturated carbocycles. The Morgan fingerprint density at radius 3 is 2.55 bits per heavy atom. The second-order valence-corrected chi connectivity index (χ2v) is 8.68. The van der Waals surface area contributed by atoms with Crippen molar-refractivity contribution in [2.24, 2.45) is 0 Å². The molecule has 168 valence electrons. The van der Waals surface area contributed by atoms with E-state index in [1.165, 1.54) is 0 Å². The Bertz CT molecular complexity index is 1280. The van der Waals surface area contributed by atoms with E-state index >= 15 is 0 Å². The summed E-state index contributed by atoms with van der Waals surface area (Å²) in [4.78, 5) is 17.6. The first-order chi connectivity index (χ1) is 16.0. The van der Waals surface area contributed by atoms with Crippen molar-refractivity contribution in [1.82, 2.24) is 20.1 Å². The van der Waals surface area contributed by atoms with Crippen LogP contribution in [-0.2, 0) is 6.42 Å². The maximum atomic E-state index is 13.1. The van der Waals surface area contributed by atoms with Gasteiger partial charge in [0.2, 0.25) is 0 Å². The lowest BCUT2D eigenvalue weighted by atomic mass is 9.91. The molecule has 0 radical (unpaired) electrons. The van der Waals surface area contributed by atoms with Crippen LogP contribution in [0.2, 0.25) is 0 Å². The van der Waals surface area contributed by atoms with Crippen LogP contribution in [0.5, 0.6) is 5.75 Å². The molecule has 0 spiro atoms. The molecule has 0 unspecified atom stereocenters. The number of carbonyl (C=O) groups excluding carboxylic acids is 1. The van der Waals surface area contributed by atoms with E-state index in [1.807, 2.05) is 42.6 Å².